The largest absolute Gasteiger partial charge is 0.482 e. The van der Waals surface area contributed by atoms with E-state index in [1.165, 1.54) is 12.1 Å². The normalized spacial score (nSPS) is 10.6. The van der Waals surface area contributed by atoms with E-state index in [9.17, 15) is 9.18 Å². The molecule has 0 saturated heterocycles. The first kappa shape index (κ1) is 16.3. The first-order valence-electron chi connectivity index (χ1n) is 6.94. The molecule has 1 N–H and O–H groups in total. The van der Waals surface area contributed by atoms with Crippen LogP contribution < -0.4 is 10.1 Å². The number of nitrogens with one attached hydrogen (secondary N) is 1. The number of carbonyl (C=O) groups is 1. The Kier molecular flexibility index (Phi) is 5.39. The molecule has 0 unspecified atom stereocenters. The van der Waals surface area contributed by atoms with Crippen LogP contribution in [-0.2, 0) is 4.79 Å². The van der Waals surface area contributed by atoms with Crippen LogP contribution in [0, 0.1) is 5.82 Å². The van der Waals surface area contributed by atoms with Crippen LogP contribution >= 0.6 is 11.6 Å². The first-order valence-corrected chi connectivity index (χ1v) is 7.32. The zero-order valence-corrected chi connectivity index (χ0v) is 13.2. The summed E-state index contributed by atoms with van der Waals surface area (Å²) in [5.74, 6) is -0.180. The third-order valence-corrected chi connectivity index (χ3v) is 3.40. The molecule has 0 bridgehead atoms. The molecule has 0 atom stereocenters. The minimum Gasteiger partial charge on any atom is -0.482 e. The minimum atomic E-state index is -0.451. The van der Waals surface area contributed by atoms with E-state index in [1.54, 1.807) is 0 Å². The second-order valence-electron chi connectivity index (χ2n) is 5.15. The molecule has 0 aromatic heterocycles. The standard InChI is InChI=1S/C17H17ClFNO2/c1-11(2)13-5-3-4-6-15(13)20-17(21)10-22-16-8-7-12(19)9-14(16)18/h3-9,11H,10H2,1-2H3,(H,20,21). The number of anilines is 1. The van der Waals surface area contributed by atoms with Gasteiger partial charge in [0.1, 0.15) is 11.6 Å². The predicted octanol–water partition coefficient (Wildman–Crippen LogP) is 4.62. The summed E-state index contributed by atoms with van der Waals surface area (Å²) in [4.78, 5) is 12.0. The smallest absolute Gasteiger partial charge is 0.262 e. The Balaban J connectivity index is 1.99. The van der Waals surface area contributed by atoms with Gasteiger partial charge in [-0.2, -0.15) is 0 Å². The van der Waals surface area contributed by atoms with Crippen LogP contribution in [0.25, 0.3) is 0 Å². The van der Waals surface area contributed by atoms with Gasteiger partial charge in [-0.05, 0) is 35.7 Å². The molecule has 0 aliphatic heterocycles. The third kappa shape index (κ3) is 4.21. The average molecular weight is 322 g/mol. The topological polar surface area (TPSA) is 38.3 Å². The fourth-order valence-corrected chi connectivity index (χ4v) is 2.26. The van der Waals surface area contributed by atoms with Crippen LogP contribution in [-0.4, -0.2) is 12.5 Å². The molecule has 116 valence electrons. The molecule has 1 amide bonds. The van der Waals surface area contributed by atoms with Crippen LogP contribution in [0.15, 0.2) is 42.5 Å². The van der Waals surface area contributed by atoms with Crippen molar-refractivity contribution in [3.05, 3.63) is 58.9 Å². The van der Waals surface area contributed by atoms with Gasteiger partial charge in [0, 0.05) is 5.69 Å². The van der Waals surface area contributed by atoms with Gasteiger partial charge in [-0.3, -0.25) is 4.79 Å². The fraction of sp³-hybridized carbons (Fsp3) is 0.235. The number of hydrogen-bond donors (Lipinski definition) is 1. The van der Waals surface area contributed by atoms with Crippen molar-refractivity contribution >= 4 is 23.2 Å². The number of hydrogen-bond acceptors (Lipinski definition) is 2. The molecule has 5 heteroatoms. The second-order valence-corrected chi connectivity index (χ2v) is 5.56. The first-order chi connectivity index (χ1) is 10.5. The van der Waals surface area contributed by atoms with Gasteiger partial charge >= 0.3 is 0 Å². The lowest BCUT2D eigenvalue weighted by molar-refractivity contribution is -0.118. The fourth-order valence-electron chi connectivity index (χ4n) is 2.04. The average Bonchev–Trinajstić information content (AvgIpc) is 2.46. The minimum absolute atomic E-state index is 0.135. The second kappa shape index (κ2) is 7.27. The highest BCUT2D eigenvalue weighted by Crippen LogP contribution is 2.25. The van der Waals surface area contributed by atoms with Gasteiger partial charge in [-0.25, -0.2) is 4.39 Å². The van der Waals surface area contributed by atoms with Crippen molar-refractivity contribution in [2.75, 3.05) is 11.9 Å². The quantitative estimate of drug-likeness (QED) is 0.872. The van der Waals surface area contributed by atoms with Crippen LogP contribution in [0.4, 0.5) is 10.1 Å². The van der Waals surface area contributed by atoms with E-state index in [2.05, 4.69) is 19.2 Å². The van der Waals surface area contributed by atoms with Crippen molar-refractivity contribution in [2.45, 2.75) is 19.8 Å². The number of halogens is 2. The predicted molar refractivity (Wildman–Crippen MR) is 86.1 cm³/mol. The van der Waals surface area contributed by atoms with E-state index >= 15 is 0 Å². The van der Waals surface area contributed by atoms with Gasteiger partial charge in [0.15, 0.2) is 6.61 Å². The van der Waals surface area contributed by atoms with Gasteiger partial charge in [-0.1, -0.05) is 43.6 Å². The maximum Gasteiger partial charge on any atom is 0.262 e. The highest BCUT2D eigenvalue weighted by atomic mass is 35.5. The van der Waals surface area contributed by atoms with Crippen LogP contribution in [0.1, 0.15) is 25.3 Å². The zero-order valence-electron chi connectivity index (χ0n) is 12.4. The molecule has 0 aliphatic carbocycles. The Bertz CT molecular complexity index is 673. The number of rotatable bonds is 5. The van der Waals surface area contributed by atoms with E-state index in [4.69, 9.17) is 16.3 Å². The number of ether oxygens (including phenoxy) is 1. The van der Waals surface area contributed by atoms with E-state index in [-0.39, 0.29) is 23.3 Å². The molecule has 0 saturated carbocycles. The summed E-state index contributed by atoms with van der Waals surface area (Å²) in [6.07, 6.45) is 0. The summed E-state index contributed by atoms with van der Waals surface area (Å²) >= 11 is 5.84. The van der Waals surface area contributed by atoms with E-state index in [0.29, 0.717) is 5.92 Å². The Morgan fingerprint density at radius 3 is 2.68 bits per heavy atom. The van der Waals surface area contributed by atoms with Crippen LogP contribution in [0.5, 0.6) is 5.75 Å². The van der Waals surface area contributed by atoms with E-state index < -0.39 is 5.82 Å². The van der Waals surface area contributed by atoms with Gasteiger partial charge in [-0.15, -0.1) is 0 Å². The lowest BCUT2D eigenvalue weighted by atomic mass is 10.0. The molecule has 0 aliphatic rings. The number of amides is 1. The Labute approximate surface area is 134 Å². The van der Waals surface area contributed by atoms with Gasteiger partial charge < -0.3 is 10.1 Å². The molecular formula is C17H17ClFNO2. The molecule has 0 spiro atoms. The highest BCUT2D eigenvalue weighted by molar-refractivity contribution is 6.32. The lowest BCUT2D eigenvalue weighted by Crippen LogP contribution is -2.21. The summed E-state index contributed by atoms with van der Waals surface area (Å²) in [7, 11) is 0. The third-order valence-electron chi connectivity index (χ3n) is 3.11. The number of para-hydroxylation sites is 1. The zero-order chi connectivity index (χ0) is 16.1. The lowest BCUT2D eigenvalue weighted by Gasteiger charge is -2.14. The van der Waals surface area contributed by atoms with Gasteiger partial charge in [0.25, 0.3) is 5.91 Å². The van der Waals surface area contributed by atoms with Crippen molar-refractivity contribution in [1.29, 1.82) is 0 Å². The van der Waals surface area contributed by atoms with Crippen LogP contribution in [0.2, 0.25) is 5.02 Å². The summed E-state index contributed by atoms with van der Waals surface area (Å²) in [6, 6.07) is 11.4. The van der Waals surface area contributed by atoms with Crippen molar-refractivity contribution in [3.8, 4) is 5.75 Å². The maximum absolute atomic E-state index is 12.9. The molecule has 2 rings (SSSR count). The molecule has 3 nitrogen and oxygen atoms in total. The Morgan fingerprint density at radius 2 is 2.00 bits per heavy atom. The summed E-state index contributed by atoms with van der Waals surface area (Å²) in [5.41, 5.74) is 1.81. The van der Waals surface area contributed by atoms with Gasteiger partial charge in [0.2, 0.25) is 0 Å². The van der Waals surface area contributed by atoms with Crippen LogP contribution in [0.3, 0.4) is 0 Å². The van der Waals surface area contributed by atoms with Crippen molar-refractivity contribution in [3.63, 3.8) is 0 Å². The molecular weight excluding hydrogens is 305 g/mol. The molecule has 0 fully saturated rings. The maximum atomic E-state index is 12.9. The monoisotopic (exact) mass is 321 g/mol. The van der Waals surface area contributed by atoms with Crippen molar-refractivity contribution < 1.29 is 13.9 Å². The highest BCUT2D eigenvalue weighted by Gasteiger charge is 2.10. The molecule has 0 heterocycles. The molecule has 22 heavy (non-hydrogen) atoms. The van der Waals surface area contributed by atoms with E-state index in [1.807, 2.05) is 24.3 Å². The summed E-state index contributed by atoms with van der Waals surface area (Å²) < 4.78 is 18.3. The van der Waals surface area contributed by atoms with Gasteiger partial charge in [0.05, 0.1) is 5.02 Å². The van der Waals surface area contributed by atoms with Crippen molar-refractivity contribution in [2.24, 2.45) is 0 Å². The number of benzene rings is 2. The van der Waals surface area contributed by atoms with Crippen molar-refractivity contribution in [1.82, 2.24) is 0 Å². The summed E-state index contributed by atoms with van der Waals surface area (Å²) in [6.45, 7) is 3.91. The summed E-state index contributed by atoms with van der Waals surface area (Å²) in [5, 5.41) is 2.95. The molecule has 2 aromatic carbocycles. The molecule has 0 radical (unpaired) electrons. The Morgan fingerprint density at radius 1 is 1.27 bits per heavy atom. The SMILES string of the molecule is CC(C)c1ccccc1NC(=O)COc1ccc(F)cc1Cl. The molecule has 2 aromatic rings. The number of carbonyl (C=O) groups excluding carboxylic acids is 1. The Hall–Kier alpha value is -2.07. The van der Waals surface area contributed by atoms with E-state index in [0.717, 1.165) is 17.3 Å².